The van der Waals surface area contributed by atoms with Gasteiger partial charge in [0.05, 0.1) is 12.0 Å². The van der Waals surface area contributed by atoms with Crippen LogP contribution in [0.1, 0.15) is 18.8 Å². The maximum absolute atomic E-state index is 12.8. The fraction of sp³-hybridized carbons (Fsp3) is 0.211. The lowest BCUT2D eigenvalue weighted by molar-refractivity contribution is -0.145. The molecule has 14 heteroatoms. The van der Waals surface area contributed by atoms with Gasteiger partial charge in [0.25, 0.3) is 5.56 Å². The number of pyridine rings is 1. The summed E-state index contributed by atoms with van der Waals surface area (Å²) in [5, 5.41) is 2.59. The van der Waals surface area contributed by atoms with Gasteiger partial charge in [0.2, 0.25) is 11.7 Å². The first kappa shape index (κ1) is 21.9. The zero-order valence-corrected chi connectivity index (χ0v) is 17.1. The second kappa shape index (κ2) is 7.96. The maximum Gasteiger partial charge on any atom is 0.451 e. The van der Waals surface area contributed by atoms with Crippen molar-refractivity contribution in [1.82, 2.24) is 34.1 Å². The number of H-pyrrole nitrogens is 1. The number of halogens is 3. The smallest absolute Gasteiger partial charge is 0.312 e. The second-order valence-electron chi connectivity index (χ2n) is 7.01. The predicted octanol–water partition coefficient (Wildman–Crippen LogP) is 1.49. The van der Waals surface area contributed by atoms with Crippen LogP contribution in [0.25, 0.3) is 22.4 Å². The molecule has 0 radical (unpaired) electrons. The minimum absolute atomic E-state index is 0.0448. The van der Waals surface area contributed by atoms with Crippen LogP contribution in [-0.2, 0) is 18.0 Å². The Morgan fingerprint density at radius 2 is 1.85 bits per heavy atom. The summed E-state index contributed by atoms with van der Waals surface area (Å²) in [5.74, 6) is -1.70. The molecule has 0 aliphatic rings. The molecule has 0 saturated heterocycles. The Labute approximate surface area is 182 Å². The molecular formula is C19H15F3N8O3. The number of carbonyl (C=O) groups is 1. The third kappa shape index (κ3) is 4.09. The Morgan fingerprint density at radius 3 is 2.52 bits per heavy atom. The van der Waals surface area contributed by atoms with Gasteiger partial charge in [0, 0.05) is 25.0 Å². The number of rotatable bonds is 4. The van der Waals surface area contributed by atoms with Crippen molar-refractivity contribution in [1.29, 1.82) is 0 Å². The first-order valence-corrected chi connectivity index (χ1v) is 9.39. The highest BCUT2D eigenvalue weighted by Crippen LogP contribution is 2.27. The summed E-state index contributed by atoms with van der Waals surface area (Å²) >= 11 is 0. The molecule has 0 spiro atoms. The molecule has 0 aliphatic heterocycles. The van der Waals surface area contributed by atoms with Crippen molar-refractivity contribution in [2.24, 2.45) is 7.05 Å². The molecule has 1 unspecified atom stereocenters. The van der Waals surface area contributed by atoms with Gasteiger partial charge >= 0.3 is 11.9 Å². The predicted molar refractivity (Wildman–Crippen MR) is 109 cm³/mol. The largest absolute Gasteiger partial charge is 0.451 e. The number of amides is 1. The Balaban J connectivity index is 1.59. The summed E-state index contributed by atoms with van der Waals surface area (Å²) in [5.41, 5.74) is -0.695. The van der Waals surface area contributed by atoms with E-state index in [0.717, 1.165) is 17.0 Å². The number of aryl methyl sites for hydroxylation is 1. The van der Waals surface area contributed by atoms with Crippen LogP contribution in [0.3, 0.4) is 0 Å². The van der Waals surface area contributed by atoms with Gasteiger partial charge in [0.1, 0.15) is 11.9 Å². The van der Waals surface area contributed by atoms with Gasteiger partial charge in [-0.05, 0) is 19.1 Å². The van der Waals surface area contributed by atoms with Crippen LogP contribution in [0.4, 0.5) is 19.0 Å². The molecule has 4 aromatic heterocycles. The van der Waals surface area contributed by atoms with E-state index in [4.69, 9.17) is 0 Å². The van der Waals surface area contributed by atoms with E-state index < -0.39 is 35.2 Å². The summed E-state index contributed by atoms with van der Waals surface area (Å²) in [6.45, 7) is 1.52. The van der Waals surface area contributed by atoms with Crippen molar-refractivity contribution < 1.29 is 18.0 Å². The molecule has 170 valence electrons. The molecule has 4 aromatic rings. The van der Waals surface area contributed by atoms with Crippen molar-refractivity contribution in [2.75, 3.05) is 5.32 Å². The maximum atomic E-state index is 12.8. The highest BCUT2D eigenvalue weighted by atomic mass is 19.4. The summed E-state index contributed by atoms with van der Waals surface area (Å²) < 4.78 is 40.4. The van der Waals surface area contributed by atoms with E-state index in [2.05, 4.69) is 30.2 Å². The van der Waals surface area contributed by atoms with Gasteiger partial charge in [-0.25, -0.2) is 24.7 Å². The number of hydrogen-bond acceptors (Lipinski definition) is 7. The minimum Gasteiger partial charge on any atom is -0.312 e. The molecule has 4 heterocycles. The Morgan fingerprint density at radius 1 is 1.15 bits per heavy atom. The van der Waals surface area contributed by atoms with Gasteiger partial charge < -0.3 is 9.88 Å². The molecule has 0 aromatic carbocycles. The summed E-state index contributed by atoms with van der Waals surface area (Å²) in [4.78, 5) is 53.8. The zero-order valence-electron chi connectivity index (χ0n) is 17.1. The van der Waals surface area contributed by atoms with E-state index in [-0.39, 0.29) is 28.2 Å². The molecule has 11 nitrogen and oxygen atoms in total. The molecule has 0 saturated carbocycles. The number of aromatic amines is 1. The van der Waals surface area contributed by atoms with Crippen molar-refractivity contribution >= 4 is 22.9 Å². The molecule has 1 atom stereocenters. The number of fused-ring (bicyclic) bond motifs is 1. The third-order valence-corrected chi connectivity index (χ3v) is 4.83. The fourth-order valence-electron chi connectivity index (χ4n) is 3.07. The number of nitrogens with one attached hydrogen (secondary N) is 2. The van der Waals surface area contributed by atoms with Crippen molar-refractivity contribution in [3.05, 3.63) is 63.6 Å². The van der Waals surface area contributed by atoms with E-state index in [0.29, 0.717) is 0 Å². The Hall–Kier alpha value is -4.36. The molecule has 0 fully saturated rings. The number of anilines is 1. The van der Waals surface area contributed by atoms with E-state index in [1.165, 1.54) is 37.0 Å². The monoisotopic (exact) mass is 460 g/mol. The second-order valence-corrected chi connectivity index (χ2v) is 7.01. The van der Waals surface area contributed by atoms with Crippen LogP contribution in [0, 0.1) is 0 Å². The molecule has 2 N–H and O–H groups in total. The standard InChI is InChI=1S/C19H15F3N8O3/c1-9(30-8-25-14-13(30)16(32)28-18(33)29(14)2)15(31)27-12-5-3-4-11(26-12)10-6-23-17(24-7-10)19(20,21)22/h3-9H,1-2H3,(H,26,27,31)(H,28,32,33). The summed E-state index contributed by atoms with van der Waals surface area (Å²) in [6, 6.07) is 3.65. The van der Waals surface area contributed by atoms with E-state index >= 15 is 0 Å². The summed E-state index contributed by atoms with van der Waals surface area (Å²) in [7, 11) is 1.43. The molecule has 0 bridgehead atoms. The number of nitrogens with zero attached hydrogens (tertiary/aromatic N) is 6. The van der Waals surface area contributed by atoms with Crippen molar-refractivity contribution in [2.45, 2.75) is 19.1 Å². The average Bonchev–Trinajstić information content (AvgIpc) is 3.22. The number of hydrogen-bond donors (Lipinski definition) is 2. The molecule has 1 amide bonds. The van der Waals surface area contributed by atoms with E-state index in [9.17, 15) is 27.6 Å². The Bertz CT molecular complexity index is 1470. The first-order valence-electron chi connectivity index (χ1n) is 9.39. The van der Waals surface area contributed by atoms with Gasteiger partial charge in [-0.3, -0.25) is 19.1 Å². The van der Waals surface area contributed by atoms with Crippen LogP contribution >= 0.6 is 0 Å². The van der Waals surface area contributed by atoms with E-state index in [1.807, 2.05) is 0 Å². The average molecular weight is 460 g/mol. The zero-order chi connectivity index (χ0) is 23.9. The van der Waals surface area contributed by atoms with Crippen molar-refractivity contribution in [3.63, 3.8) is 0 Å². The first-order chi connectivity index (χ1) is 15.6. The highest BCUT2D eigenvalue weighted by molar-refractivity contribution is 5.93. The van der Waals surface area contributed by atoms with Crippen LogP contribution in [0.15, 0.2) is 46.5 Å². The lowest BCUT2D eigenvalue weighted by Gasteiger charge is -2.14. The fourth-order valence-corrected chi connectivity index (χ4v) is 3.07. The normalized spacial score (nSPS) is 12.6. The lowest BCUT2D eigenvalue weighted by atomic mass is 10.2. The minimum atomic E-state index is -4.66. The van der Waals surface area contributed by atoms with Gasteiger partial charge in [-0.2, -0.15) is 13.2 Å². The van der Waals surface area contributed by atoms with Gasteiger partial charge in [-0.1, -0.05) is 6.07 Å². The van der Waals surface area contributed by atoms with Crippen LogP contribution in [0.2, 0.25) is 0 Å². The quantitative estimate of drug-likeness (QED) is 0.470. The van der Waals surface area contributed by atoms with Crippen LogP contribution < -0.4 is 16.6 Å². The Kier molecular flexibility index (Phi) is 5.27. The molecule has 0 aliphatic carbocycles. The SMILES string of the molecule is CC(C(=O)Nc1cccc(-c2cnc(C(F)(F)F)nc2)n1)n1cnc2c1c(=O)[nH]c(=O)n2C. The number of imidazole rings is 1. The lowest BCUT2D eigenvalue weighted by Crippen LogP contribution is -2.31. The summed E-state index contributed by atoms with van der Waals surface area (Å²) in [6.07, 6.45) is -1.42. The van der Waals surface area contributed by atoms with Crippen molar-refractivity contribution in [3.8, 4) is 11.3 Å². The van der Waals surface area contributed by atoms with E-state index in [1.54, 1.807) is 6.07 Å². The number of carbonyl (C=O) groups excluding carboxylic acids is 1. The molecular weight excluding hydrogens is 445 g/mol. The van der Waals surface area contributed by atoms with Gasteiger partial charge in [0.15, 0.2) is 11.2 Å². The topological polar surface area (TPSA) is 140 Å². The number of aromatic nitrogens is 7. The highest BCUT2D eigenvalue weighted by Gasteiger charge is 2.34. The molecule has 4 rings (SSSR count). The van der Waals surface area contributed by atoms with Gasteiger partial charge in [-0.15, -0.1) is 0 Å². The third-order valence-electron chi connectivity index (χ3n) is 4.83. The van der Waals surface area contributed by atoms with Crippen LogP contribution in [0.5, 0.6) is 0 Å². The molecule has 33 heavy (non-hydrogen) atoms. The number of alkyl halides is 3. The van der Waals surface area contributed by atoms with Crippen LogP contribution in [-0.4, -0.2) is 40.0 Å².